The number of rotatable bonds is 20. The third kappa shape index (κ3) is 16.7. The summed E-state index contributed by atoms with van der Waals surface area (Å²) in [4.78, 5) is 51.6. The Balaban J connectivity index is 1.57. The van der Waals surface area contributed by atoms with Gasteiger partial charge in [0.25, 0.3) is 0 Å². The third-order valence-electron chi connectivity index (χ3n) is 8.43. The van der Waals surface area contributed by atoms with E-state index in [2.05, 4.69) is 10.6 Å². The second-order valence-electron chi connectivity index (χ2n) is 14.9. The predicted molar refractivity (Wildman–Crippen MR) is 196 cm³/mol. The van der Waals surface area contributed by atoms with Crippen molar-refractivity contribution in [3.8, 4) is 0 Å². The number of carbonyl (C=O) groups is 4. The average Bonchev–Trinajstić information content (AvgIpc) is 3.10. The van der Waals surface area contributed by atoms with Crippen molar-refractivity contribution in [2.75, 3.05) is 6.61 Å². The molecule has 0 saturated heterocycles. The van der Waals surface area contributed by atoms with Crippen molar-refractivity contribution in [2.45, 2.75) is 110 Å². The van der Waals surface area contributed by atoms with Crippen LogP contribution in [0.5, 0.6) is 0 Å². The van der Waals surface area contributed by atoms with Crippen LogP contribution in [0.3, 0.4) is 0 Å². The molecule has 0 heterocycles. The number of Topliss-reactive ketones (excluding diaryl/α,β-unsaturated/α-hetero) is 2. The van der Waals surface area contributed by atoms with Crippen molar-refractivity contribution in [3.05, 3.63) is 107 Å². The lowest BCUT2D eigenvalue weighted by Gasteiger charge is -2.28. The molecule has 0 spiro atoms. The van der Waals surface area contributed by atoms with Crippen LogP contribution in [-0.2, 0) is 43.4 Å². The Kier molecular flexibility index (Phi) is 16.6. The lowest BCUT2D eigenvalue weighted by molar-refractivity contribution is -0.130. The maximum atomic E-state index is 14.5. The summed E-state index contributed by atoms with van der Waals surface area (Å²) in [6, 6.07) is 19.4. The van der Waals surface area contributed by atoms with Crippen molar-refractivity contribution in [2.24, 2.45) is 5.41 Å². The van der Waals surface area contributed by atoms with Gasteiger partial charge in [0.05, 0.1) is 19.3 Å². The highest BCUT2D eigenvalue weighted by atomic mass is 19.1. The van der Waals surface area contributed by atoms with Gasteiger partial charge in [-0.25, -0.2) is 18.4 Å². The molecule has 3 rings (SSSR count). The van der Waals surface area contributed by atoms with Crippen LogP contribution >= 0.6 is 0 Å². The van der Waals surface area contributed by atoms with Gasteiger partial charge < -0.3 is 30.0 Å². The first-order chi connectivity index (χ1) is 25.0. The van der Waals surface area contributed by atoms with E-state index in [4.69, 9.17) is 14.2 Å². The van der Waals surface area contributed by atoms with E-state index in [1.165, 1.54) is 0 Å². The lowest BCUT2D eigenvalue weighted by Crippen LogP contribution is -2.51. The molecule has 2 amide bonds. The Hall–Kier alpha value is -4.68. The number of alkyl carbamates (subject to hydrolysis) is 2. The van der Waals surface area contributed by atoms with Crippen LogP contribution in [0, 0.1) is 17.0 Å². The fourth-order valence-electron chi connectivity index (χ4n) is 5.43. The summed E-state index contributed by atoms with van der Waals surface area (Å²) in [7, 11) is 0. The number of benzene rings is 3. The molecule has 0 saturated carbocycles. The van der Waals surface area contributed by atoms with Gasteiger partial charge in [0, 0.05) is 25.3 Å². The van der Waals surface area contributed by atoms with Gasteiger partial charge in [0.15, 0.2) is 5.78 Å². The first-order valence-electron chi connectivity index (χ1n) is 17.7. The fraction of sp³-hybridized carbons (Fsp3) is 0.463. The Morgan fingerprint density at radius 3 is 2.00 bits per heavy atom. The molecule has 3 aromatic rings. The first-order valence-corrected chi connectivity index (χ1v) is 17.7. The number of halogens is 2. The molecular formula is C41H52F2N2O8. The van der Waals surface area contributed by atoms with Gasteiger partial charge in [0.1, 0.15) is 35.7 Å². The van der Waals surface area contributed by atoms with Crippen LogP contribution in [-0.4, -0.2) is 59.3 Å². The smallest absolute Gasteiger partial charge is 0.408 e. The summed E-state index contributed by atoms with van der Waals surface area (Å²) in [5.74, 6) is -2.05. The normalized spacial score (nSPS) is 13.4. The van der Waals surface area contributed by atoms with Gasteiger partial charge in [-0.05, 0) is 80.3 Å². The number of aliphatic hydroxyl groups excluding tert-OH is 1. The molecule has 0 aliphatic carbocycles. The lowest BCUT2D eigenvalue weighted by atomic mass is 9.81. The molecular weight excluding hydrogens is 686 g/mol. The van der Waals surface area contributed by atoms with Crippen LogP contribution < -0.4 is 10.6 Å². The summed E-state index contributed by atoms with van der Waals surface area (Å²) in [6.45, 7) is 8.92. The van der Waals surface area contributed by atoms with E-state index in [0.717, 1.165) is 29.3 Å². The van der Waals surface area contributed by atoms with Crippen molar-refractivity contribution < 1.29 is 47.3 Å². The topological polar surface area (TPSA) is 140 Å². The van der Waals surface area contributed by atoms with Crippen LogP contribution in [0.2, 0.25) is 0 Å². The van der Waals surface area contributed by atoms with Crippen molar-refractivity contribution in [1.29, 1.82) is 0 Å². The van der Waals surface area contributed by atoms with E-state index < -0.39 is 58.8 Å². The Labute approximate surface area is 310 Å². The van der Waals surface area contributed by atoms with E-state index in [-0.39, 0.29) is 56.9 Å². The molecule has 53 heavy (non-hydrogen) atoms. The van der Waals surface area contributed by atoms with Crippen LogP contribution in [0.25, 0.3) is 0 Å². The minimum Gasteiger partial charge on any atom is -0.445 e. The number of aliphatic hydroxyl groups is 1. The molecule has 3 atom stereocenters. The molecule has 3 aromatic carbocycles. The van der Waals surface area contributed by atoms with Crippen LogP contribution in [0.1, 0.15) is 83.4 Å². The third-order valence-corrected chi connectivity index (χ3v) is 8.43. The molecule has 1 unspecified atom stereocenters. The second kappa shape index (κ2) is 20.5. The summed E-state index contributed by atoms with van der Waals surface area (Å²) in [6.07, 6.45) is -2.74. The molecule has 0 aromatic heterocycles. The van der Waals surface area contributed by atoms with Gasteiger partial charge >= 0.3 is 12.2 Å². The standard InChI is InChI=1S/C41H52F2N2O8/c1-40(2,3)53-39(50)45-35(27-51-25-28-12-8-6-9-13-28)37(48)36(47)19-21-41(4,5)20-18-33(46)24-32(23-30-22-31(42)16-17-34(30)43)44-38(49)52-26-29-14-10-7-11-15-29/h6-17,22,32,35,37,48H,18-21,23-27H2,1-5H3,(H,44,49)(H,45,50)/t32?,35-,37+/m1/s1. The minimum atomic E-state index is -1.58. The quantitative estimate of drug-likeness (QED) is 0.109. The van der Waals surface area contributed by atoms with Crippen molar-refractivity contribution in [1.82, 2.24) is 10.6 Å². The van der Waals surface area contributed by atoms with Crippen LogP contribution in [0.15, 0.2) is 78.9 Å². The fourth-order valence-corrected chi connectivity index (χ4v) is 5.43. The highest BCUT2D eigenvalue weighted by Crippen LogP contribution is 2.29. The molecule has 0 fully saturated rings. The van der Waals surface area contributed by atoms with E-state index in [9.17, 15) is 33.1 Å². The number of carbonyl (C=O) groups excluding carboxylic acids is 4. The second-order valence-corrected chi connectivity index (χ2v) is 14.9. The molecule has 0 radical (unpaired) electrons. The molecule has 10 nitrogen and oxygen atoms in total. The number of nitrogens with one attached hydrogen (secondary N) is 2. The molecule has 12 heteroatoms. The average molecular weight is 739 g/mol. The van der Waals surface area contributed by atoms with Crippen molar-refractivity contribution in [3.63, 3.8) is 0 Å². The maximum absolute atomic E-state index is 14.5. The van der Waals surface area contributed by atoms with Crippen molar-refractivity contribution >= 4 is 23.8 Å². The van der Waals surface area contributed by atoms with Gasteiger partial charge in [-0.1, -0.05) is 74.5 Å². The highest BCUT2D eigenvalue weighted by Gasteiger charge is 2.31. The number of hydrogen-bond acceptors (Lipinski definition) is 8. The molecule has 0 bridgehead atoms. The largest absolute Gasteiger partial charge is 0.445 e. The Bertz CT molecular complexity index is 1630. The zero-order chi connectivity index (χ0) is 39.0. The van der Waals surface area contributed by atoms with Gasteiger partial charge in [-0.3, -0.25) is 9.59 Å². The SMILES string of the molecule is CC(C)(CCC(=O)CC(Cc1cc(F)ccc1F)NC(=O)OCc1ccccc1)CCC(=O)[C@@H](O)[C@@H](COCc1ccccc1)NC(=O)OC(C)(C)C. The zero-order valence-corrected chi connectivity index (χ0v) is 31.2. The molecule has 0 aliphatic heterocycles. The van der Waals surface area contributed by atoms with E-state index in [0.29, 0.717) is 12.8 Å². The summed E-state index contributed by atoms with van der Waals surface area (Å²) >= 11 is 0. The summed E-state index contributed by atoms with van der Waals surface area (Å²) in [5.41, 5.74) is 0.328. The molecule has 0 aliphatic rings. The predicted octanol–water partition coefficient (Wildman–Crippen LogP) is 7.39. The zero-order valence-electron chi connectivity index (χ0n) is 31.2. The molecule has 3 N–H and O–H groups in total. The monoisotopic (exact) mass is 738 g/mol. The number of ether oxygens (including phenoxy) is 3. The first kappa shape index (κ1) is 42.7. The summed E-state index contributed by atoms with van der Waals surface area (Å²) < 4.78 is 44.8. The van der Waals surface area contributed by atoms with Gasteiger partial charge in [0.2, 0.25) is 0 Å². The summed E-state index contributed by atoms with van der Waals surface area (Å²) in [5, 5.41) is 16.2. The highest BCUT2D eigenvalue weighted by molar-refractivity contribution is 5.84. The van der Waals surface area contributed by atoms with Gasteiger partial charge in [-0.2, -0.15) is 0 Å². The maximum Gasteiger partial charge on any atom is 0.408 e. The molecule has 288 valence electrons. The Morgan fingerprint density at radius 2 is 1.38 bits per heavy atom. The number of ketones is 2. The van der Waals surface area contributed by atoms with Crippen LogP contribution in [0.4, 0.5) is 18.4 Å². The van der Waals surface area contributed by atoms with E-state index in [1.807, 2.05) is 50.2 Å². The Morgan fingerprint density at radius 1 is 0.774 bits per heavy atom. The van der Waals surface area contributed by atoms with E-state index >= 15 is 0 Å². The number of hydrogen-bond donors (Lipinski definition) is 3. The van der Waals surface area contributed by atoms with E-state index in [1.54, 1.807) is 45.0 Å². The number of amides is 2. The van der Waals surface area contributed by atoms with Gasteiger partial charge in [-0.15, -0.1) is 0 Å². The minimum absolute atomic E-state index is 0.00786.